The Morgan fingerprint density at radius 1 is 1.09 bits per heavy atom. The third-order valence-electron chi connectivity index (χ3n) is 4.13. The lowest BCUT2D eigenvalue weighted by Gasteiger charge is -2.37. The van der Waals surface area contributed by atoms with E-state index in [0.717, 1.165) is 31.9 Å². The maximum absolute atomic E-state index is 12.3. The summed E-state index contributed by atoms with van der Waals surface area (Å²) in [6.07, 6.45) is 0. The summed E-state index contributed by atoms with van der Waals surface area (Å²) in [6, 6.07) is 14.3. The summed E-state index contributed by atoms with van der Waals surface area (Å²) in [5.74, 6) is 0. The van der Waals surface area contributed by atoms with E-state index in [2.05, 4.69) is 34.7 Å². The van der Waals surface area contributed by atoms with Crippen molar-refractivity contribution in [3.05, 3.63) is 52.7 Å². The Morgan fingerprint density at radius 3 is 2.45 bits per heavy atom. The van der Waals surface area contributed by atoms with Gasteiger partial charge in [-0.1, -0.05) is 24.3 Å². The van der Waals surface area contributed by atoms with E-state index >= 15 is 0 Å². The lowest BCUT2D eigenvalue weighted by atomic mass is 10.2. The molecule has 0 radical (unpaired) electrons. The van der Waals surface area contributed by atoms with Gasteiger partial charge in [-0.25, -0.2) is 4.79 Å². The Labute approximate surface area is 135 Å². The summed E-state index contributed by atoms with van der Waals surface area (Å²) in [5.41, 5.74) is 0.849. The van der Waals surface area contributed by atoms with Gasteiger partial charge in [-0.15, -0.1) is 11.3 Å². The largest absolute Gasteiger partial charge is 0.322 e. The van der Waals surface area contributed by atoms with E-state index in [0.29, 0.717) is 6.04 Å². The van der Waals surface area contributed by atoms with Crippen molar-refractivity contribution >= 4 is 23.1 Å². The fraction of sp³-hybridized carbons (Fsp3) is 0.353. The molecule has 1 aliphatic heterocycles. The van der Waals surface area contributed by atoms with E-state index in [4.69, 9.17) is 0 Å². The zero-order valence-electron chi connectivity index (χ0n) is 12.7. The van der Waals surface area contributed by atoms with Gasteiger partial charge >= 0.3 is 6.03 Å². The molecular weight excluding hydrogens is 294 g/mol. The molecule has 0 spiro atoms. The first kappa shape index (κ1) is 15.1. The van der Waals surface area contributed by atoms with Crippen LogP contribution in [0.15, 0.2) is 47.8 Å². The van der Waals surface area contributed by atoms with Crippen LogP contribution in [-0.4, -0.2) is 42.0 Å². The fourth-order valence-electron chi connectivity index (χ4n) is 2.75. The second-order valence-corrected chi connectivity index (χ2v) is 6.49. The zero-order valence-corrected chi connectivity index (χ0v) is 13.6. The molecule has 0 aliphatic carbocycles. The molecule has 22 heavy (non-hydrogen) atoms. The van der Waals surface area contributed by atoms with Crippen LogP contribution in [-0.2, 0) is 0 Å². The van der Waals surface area contributed by atoms with Gasteiger partial charge in [0.1, 0.15) is 0 Å². The number of amides is 2. The third-order valence-corrected chi connectivity index (χ3v) is 5.17. The third kappa shape index (κ3) is 3.48. The van der Waals surface area contributed by atoms with Gasteiger partial charge < -0.3 is 10.2 Å². The molecular formula is C17H21N3OS. The van der Waals surface area contributed by atoms with E-state index in [1.165, 1.54) is 4.88 Å². The van der Waals surface area contributed by atoms with Crippen LogP contribution in [0.4, 0.5) is 10.5 Å². The Balaban J connectivity index is 1.52. The molecule has 1 N–H and O–H groups in total. The van der Waals surface area contributed by atoms with Crippen LogP contribution in [0.2, 0.25) is 0 Å². The van der Waals surface area contributed by atoms with Crippen LogP contribution >= 0.6 is 11.3 Å². The molecule has 4 nitrogen and oxygen atoms in total. The Bertz CT molecular complexity index is 592. The highest BCUT2D eigenvalue weighted by Gasteiger charge is 2.25. The van der Waals surface area contributed by atoms with Crippen molar-refractivity contribution in [3.8, 4) is 0 Å². The van der Waals surface area contributed by atoms with Crippen LogP contribution in [0.25, 0.3) is 0 Å². The van der Waals surface area contributed by atoms with Crippen molar-refractivity contribution in [3.63, 3.8) is 0 Å². The molecule has 116 valence electrons. The summed E-state index contributed by atoms with van der Waals surface area (Å²) < 4.78 is 0. The lowest BCUT2D eigenvalue weighted by molar-refractivity contribution is 0.121. The highest BCUT2D eigenvalue weighted by molar-refractivity contribution is 7.10. The van der Waals surface area contributed by atoms with Crippen molar-refractivity contribution in [1.82, 2.24) is 9.80 Å². The highest BCUT2D eigenvalue weighted by Crippen LogP contribution is 2.25. The number of carbonyl (C=O) groups excluding carboxylic acids is 1. The molecule has 0 saturated carbocycles. The molecule has 1 fully saturated rings. The van der Waals surface area contributed by atoms with Crippen LogP contribution in [0.3, 0.4) is 0 Å². The first-order valence-electron chi connectivity index (χ1n) is 7.62. The van der Waals surface area contributed by atoms with Gasteiger partial charge in [0.25, 0.3) is 0 Å². The highest BCUT2D eigenvalue weighted by atomic mass is 32.1. The summed E-state index contributed by atoms with van der Waals surface area (Å²) >= 11 is 1.80. The van der Waals surface area contributed by atoms with Crippen molar-refractivity contribution in [2.45, 2.75) is 13.0 Å². The normalized spacial score (nSPS) is 17.2. The number of nitrogens with one attached hydrogen (secondary N) is 1. The number of nitrogens with zero attached hydrogens (tertiary/aromatic N) is 2. The molecule has 1 unspecified atom stereocenters. The minimum absolute atomic E-state index is 0.00498. The number of benzene rings is 1. The lowest BCUT2D eigenvalue weighted by Crippen LogP contribution is -2.50. The van der Waals surface area contributed by atoms with E-state index in [-0.39, 0.29) is 6.03 Å². The molecule has 1 aromatic carbocycles. The molecule has 0 bridgehead atoms. The van der Waals surface area contributed by atoms with Gasteiger partial charge in [0.2, 0.25) is 0 Å². The predicted molar refractivity (Wildman–Crippen MR) is 91.3 cm³/mol. The van der Waals surface area contributed by atoms with E-state index in [9.17, 15) is 4.79 Å². The molecule has 2 heterocycles. The number of para-hydroxylation sites is 1. The first-order chi connectivity index (χ1) is 10.7. The van der Waals surface area contributed by atoms with Gasteiger partial charge in [-0.2, -0.15) is 0 Å². The van der Waals surface area contributed by atoms with Crippen molar-refractivity contribution < 1.29 is 4.79 Å². The number of hydrogen-bond donors (Lipinski definition) is 1. The fourth-order valence-corrected chi connectivity index (χ4v) is 3.56. The summed E-state index contributed by atoms with van der Waals surface area (Å²) in [4.78, 5) is 18.0. The second-order valence-electron chi connectivity index (χ2n) is 5.51. The number of urea groups is 1. The van der Waals surface area contributed by atoms with Crippen molar-refractivity contribution in [2.24, 2.45) is 0 Å². The maximum atomic E-state index is 12.3. The number of hydrogen-bond acceptors (Lipinski definition) is 3. The average Bonchev–Trinajstić information content (AvgIpc) is 3.10. The number of carbonyl (C=O) groups is 1. The quantitative estimate of drug-likeness (QED) is 0.938. The molecule has 1 aromatic heterocycles. The van der Waals surface area contributed by atoms with Crippen LogP contribution < -0.4 is 5.32 Å². The van der Waals surface area contributed by atoms with Gasteiger partial charge in [0, 0.05) is 42.8 Å². The monoisotopic (exact) mass is 315 g/mol. The number of piperazine rings is 1. The molecule has 1 aliphatic rings. The maximum Gasteiger partial charge on any atom is 0.321 e. The van der Waals surface area contributed by atoms with Gasteiger partial charge in [-0.3, -0.25) is 4.90 Å². The number of thiophene rings is 1. The standard InChI is InChI=1S/C17H21N3OS/c1-14(16-8-5-13-22-16)19-9-11-20(12-10-19)17(21)18-15-6-3-2-4-7-15/h2-8,13-14H,9-12H2,1H3,(H,18,21). The van der Waals surface area contributed by atoms with Gasteiger partial charge in [0.05, 0.1) is 0 Å². The predicted octanol–water partition coefficient (Wildman–Crippen LogP) is 3.66. The first-order valence-corrected chi connectivity index (χ1v) is 8.50. The van der Waals surface area contributed by atoms with Crippen molar-refractivity contribution in [1.29, 1.82) is 0 Å². The van der Waals surface area contributed by atoms with Gasteiger partial charge in [0.15, 0.2) is 0 Å². The van der Waals surface area contributed by atoms with Crippen molar-refractivity contribution in [2.75, 3.05) is 31.5 Å². The molecule has 1 saturated heterocycles. The minimum atomic E-state index is -0.00498. The molecule has 2 amide bonds. The Kier molecular flexibility index (Phi) is 4.75. The SMILES string of the molecule is CC(c1cccs1)N1CCN(C(=O)Nc2ccccc2)CC1. The summed E-state index contributed by atoms with van der Waals surface area (Å²) in [7, 11) is 0. The van der Waals surface area contributed by atoms with Crippen LogP contribution in [0.5, 0.6) is 0 Å². The van der Waals surface area contributed by atoms with Crippen LogP contribution in [0.1, 0.15) is 17.8 Å². The topological polar surface area (TPSA) is 35.6 Å². The Hall–Kier alpha value is -1.85. The average molecular weight is 315 g/mol. The van der Waals surface area contributed by atoms with Crippen LogP contribution in [0, 0.1) is 0 Å². The smallest absolute Gasteiger partial charge is 0.321 e. The van der Waals surface area contributed by atoms with E-state index in [1.807, 2.05) is 35.2 Å². The second kappa shape index (κ2) is 6.94. The van der Waals surface area contributed by atoms with E-state index < -0.39 is 0 Å². The zero-order chi connectivity index (χ0) is 15.4. The number of rotatable bonds is 3. The molecule has 2 aromatic rings. The Morgan fingerprint density at radius 2 is 1.82 bits per heavy atom. The van der Waals surface area contributed by atoms with Gasteiger partial charge in [-0.05, 0) is 30.5 Å². The summed E-state index contributed by atoms with van der Waals surface area (Å²) in [5, 5.41) is 5.07. The van der Waals surface area contributed by atoms with E-state index in [1.54, 1.807) is 11.3 Å². The summed E-state index contributed by atoms with van der Waals surface area (Å²) in [6.45, 7) is 5.62. The number of anilines is 1. The molecule has 5 heteroatoms. The molecule has 3 rings (SSSR count). The minimum Gasteiger partial charge on any atom is -0.322 e. The molecule has 1 atom stereocenters.